The third-order valence-electron chi connectivity index (χ3n) is 3.60. The van der Waals surface area contributed by atoms with E-state index in [0.29, 0.717) is 0 Å². The van der Waals surface area contributed by atoms with Gasteiger partial charge >= 0.3 is 0 Å². The van der Waals surface area contributed by atoms with Crippen LogP contribution in [0.25, 0.3) is 0 Å². The molecule has 102 valence electrons. The van der Waals surface area contributed by atoms with Crippen molar-refractivity contribution in [1.29, 1.82) is 0 Å². The normalized spacial score (nSPS) is 18.7. The van der Waals surface area contributed by atoms with Crippen LogP contribution in [0.3, 0.4) is 0 Å². The van der Waals surface area contributed by atoms with Gasteiger partial charge in [0.05, 0.1) is 0 Å². The molecular formula is C14H31N3. The lowest BCUT2D eigenvalue weighted by Crippen LogP contribution is -2.44. The van der Waals surface area contributed by atoms with Gasteiger partial charge in [-0.15, -0.1) is 0 Å². The van der Waals surface area contributed by atoms with Gasteiger partial charge in [0.2, 0.25) is 0 Å². The quantitative estimate of drug-likeness (QED) is 0.621. The molecule has 0 radical (unpaired) electrons. The molecule has 1 fully saturated rings. The molecule has 17 heavy (non-hydrogen) atoms. The average Bonchev–Trinajstić information content (AvgIpc) is 2.35. The van der Waals surface area contributed by atoms with E-state index in [1.165, 1.54) is 77.9 Å². The Kier molecular flexibility index (Phi) is 8.67. The van der Waals surface area contributed by atoms with Crippen LogP contribution in [0.15, 0.2) is 0 Å². The van der Waals surface area contributed by atoms with E-state index in [0.717, 1.165) is 0 Å². The van der Waals surface area contributed by atoms with Crippen LogP contribution in [0.4, 0.5) is 0 Å². The van der Waals surface area contributed by atoms with Gasteiger partial charge in [0.15, 0.2) is 0 Å². The van der Waals surface area contributed by atoms with E-state index in [1.807, 2.05) is 0 Å². The number of hydrogen-bond acceptors (Lipinski definition) is 3. The highest BCUT2D eigenvalue weighted by molar-refractivity contribution is 4.68. The van der Waals surface area contributed by atoms with Crippen molar-refractivity contribution in [3.63, 3.8) is 0 Å². The number of nitrogens with zero attached hydrogens (tertiary/aromatic N) is 2. The summed E-state index contributed by atoms with van der Waals surface area (Å²) in [6.45, 7) is 11.0. The summed E-state index contributed by atoms with van der Waals surface area (Å²) in [5.74, 6) is 0. The lowest BCUT2D eigenvalue weighted by Gasteiger charge is -2.32. The molecule has 1 N–H and O–H groups in total. The van der Waals surface area contributed by atoms with Gasteiger partial charge in [-0.3, -0.25) is 0 Å². The molecule has 0 saturated carbocycles. The van der Waals surface area contributed by atoms with Gasteiger partial charge in [0.25, 0.3) is 0 Å². The highest BCUT2D eigenvalue weighted by Gasteiger charge is 2.12. The number of hydrogen-bond donors (Lipinski definition) is 1. The summed E-state index contributed by atoms with van der Waals surface area (Å²) in [5, 5.41) is 3.46. The molecule has 1 saturated heterocycles. The monoisotopic (exact) mass is 241 g/mol. The molecule has 0 spiro atoms. The molecule has 1 rings (SSSR count). The molecule has 1 aliphatic heterocycles. The Morgan fingerprint density at radius 2 is 1.59 bits per heavy atom. The molecule has 0 aliphatic carbocycles. The molecule has 0 atom stereocenters. The first-order valence-electron chi connectivity index (χ1n) is 7.44. The highest BCUT2D eigenvalue weighted by atomic mass is 15.2. The maximum absolute atomic E-state index is 3.46. The molecule has 3 nitrogen and oxygen atoms in total. The van der Waals surface area contributed by atoms with Gasteiger partial charge in [0, 0.05) is 26.2 Å². The van der Waals surface area contributed by atoms with Crippen LogP contribution in [0.1, 0.15) is 39.0 Å². The van der Waals surface area contributed by atoms with Crippen LogP contribution in [-0.4, -0.2) is 62.7 Å². The van der Waals surface area contributed by atoms with E-state index < -0.39 is 0 Å². The van der Waals surface area contributed by atoms with E-state index in [-0.39, 0.29) is 0 Å². The molecule has 0 aromatic heterocycles. The van der Waals surface area contributed by atoms with E-state index in [4.69, 9.17) is 0 Å². The highest BCUT2D eigenvalue weighted by Crippen LogP contribution is 2.04. The summed E-state index contributed by atoms with van der Waals surface area (Å²) >= 11 is 0. The Balaban J connectivity index is 1.81. The predicted octanol–water partition coefficient (Wildman–Crippen LogP) is 1.79. The first kappa shape index (κ1) is 14.9. The zero-order valence-electron chi connectivity index (χ0n) is 11.9. The van der Waals surface area contributed by atoms with E-state index in [1.54, 1.807) is 0 Å². The summed E-state index contributed by atoms with van der Waals surface area (Å²) in [6.07, 6.45) is 6.79. The maximum Gasteiger partial charge on any atom is 0.0110 e. The SMILES string of the molecule is CCCNCCCCCCN1CCN(C)CC1. The van der Waals surface area contributed by atoms with Crippen LogP contribution in [-0.2, 0) is 0 Å². The Morgan fingerprint density at radius 1 is 0.882 bits per heavy atom. The molecule has 3 heteroatoms. The van der Waals surface area contributed by atoms with Crippen molar-refractivity contribution >= 4 is 0 Å². The van der Waals surface area contributed by atoms with Crippen LogP contribution in [0.2, 0.25) is 0 Å². The largest absolute Gasteiger partial charge is 0.317 e. The van der Waals surface area contributed by atoms with Gasteiger partial charge in [-0.2, -0.15) is 0 Å². The lowest BCUT2D eigenvalue weighted by atomic mass is 10.2. The van der Waals surface area contributed by atoms with Crippen LogP contribution in [0, 0.1) is 0 Å². The fourth-order valence-electron chi connectivity index (χ4n) is 2.31. The van der Waals surface area contributed by atoms with Crippen LogP contribution < -0.4 is 5.32 Å². The van der Waals surface area contributed by atoms with Crippen molar-refractivity contribution in [2.24, 2.45) is 0 Å². The molecular weight excluding hydrogens is 210 g/mol. The van der Waals surface area contributed by atoms with E-state index in [2.05, 4.69) is 29.1 Å². The van der Waals surface area contributed by atoms with Crippen molar-refractivity contribution in [2.75, 3.05) is 52.9 Å². The number of unbranched alkanes of at least 4 members (excludes halogenated alkanes) is 3. The minimum atomic E-state index is 1.18. The van der Waals surface area contributed by atoms with Crippen molar-refractivity contribution in [3.8, 4) is 0 Å². The van der Waals surface area contributed by atoms with E-state index >= 15 is 0 Å². The van der Waals surface area contributed by atoms with Gasteiger partial charge in [-0.1, -0.05) is 19.8 Å². The molecule has 0 aromatic carbocycles. The van der Waals surface area contributed by atoms with Crippen molar-refractivity contribution in [3.05, 3.63) is 0 Å². The summed E-state index contributed by atoms with van der Waals surface area (Å²) in [7, 11) is 2.22. The van der Waals surface area contributed by atoms with Gasteiger partial charge in [0.1, 0.15) is 0 Å². The predicted molar refractivity (Wildman–Crippen MR) is 75.6 cm³/mol. The maximum atomic E-state index is 3.46. The Labute approximate surface area is 108 Å². The molecule has 1 aliphatic rings. The summed E-state index contributed by atoms with van der Waals surface area (Å²) in [6, 6.07) is 0. The molecule has 0 bridgehead atoms. The summed E-state index contributed by atoms with van der Waals surface area (Å²) in [4.78, 5) is 5.05. The summed E-state index contributed by atoms with van der Waals surface area (Å²) in [5.41, 5.74) is 0. The minimum Gasteiger partial charge on any atom is -0.317 e. The first-order valence-corrected chi connectivity index (χ1v) is 7.44. The summed E-state index contributed by atoms with van der Waals surface area (Å²) < 4.78 is 0. The minimum absolute atomic E-state index is 1.18. The number of nitrogens with one attached hydrogen (secondary N) is 1. The van der Waals surface area contributed by atoms with Gasteiger partial charge < -0.3 is 15.1 Å². The second-order valence-corrected chi connectivity index (χ2v) is 5.31. The van der Waals surface area contributed by atoms with Crippen LogP contribution >= 0.6 is 0 Å². The third kappa shape index (κ3) is 7.74. The lowest BCUT2D eigenvalue weighted by molar-refractivity contribution is 0.152. The molecule has 0 amide bonds. The number of rotatable bonds is 9. The third-order valence-corrected chi connectivity index (χ3v) is 3.60. The van der Waals surface area contributed by atoms with Crippen molar-refractivity contribution in [2.45, 2.75) is 39.0 Å². The topological polar surface area (TPSA) is 18.5 Å². The molecule has 1 heterocycles. The Hall–Kier alpha value is -0.120. The second kappa shape index (κ2) is 9.86. The first-order chi connectivity index (χ1) is 8.33. The average molecular weight is 241 g/mol. The Bertz CT molecular complexity index is 165. The fourth-order valence-corrected chi connectivity index (χ4v) is 2.31. The molecule has 0 unspecified atom stereocenters. The fraction of sp³-hybridized carbons (Fsp3) is 1.00. The second-order valence-electron chi connectivity index (χ2n) is 5.31. The number of likely N-dealkylation sites (N-methyl/N-ethyl adjacent to an activating group) is 1. The van der Waals surface area contributed by atoms with Gasteiger partial charge in [-0.25, -0.2) is 0 Å². The zero-order chi connectivity index (χ0) is 12.3. The van der Waals surface area contributed by atoms with Crippen molar-refractivity contribution < 1.29 is 0 Å². The van der Waals surface area contributed by atoms with Crippen molar-refractivity contribution in [1.82, 2.24) is 15.1 Å². The van der Waals surface area contributed by atoms with Crippen LogP contribution in [0.5, 0.6) is 0 Å². The Morgan fingerprint density at radius 3 is 2.29 bits per heavy atom. The van der Waals surface area contributed by atoms with Gasteiger partial charge in [-0.05, 0) is 45.9 Å². The number of piperazine rings is 1. The smallest absolute Gasteiger partial charge is 0.0110 e. The molecule has 0 aromatic rings. The standard InChI is InChI=1S/C14H31N3/c1-3-8-15-9-6-4-5-7-10-17-13-11-16(2)12-14-17/h15H,3-14H2,1-2H3. The van der Waals surface area contributed by atoms with E-state index in [9.17, 15) is 0 Å². The zero-order valence-corrected chi connectivity index (χ0v) is 11.9.